The summed E-state index contributed by atoms with van der Waals surface area (Å²) in [6.45, 7) is 4.09. The van der Waals surface area contributed by atoms with E-state index in [9.17, 15) is 4.79 Å². The quantitative estimate of drug-likeness (QED) is 0.881. The summed E-state index contributed by atoms with van der Waals surface area (Å²) < 4.78 is 13.0. The van der Waals surface area contributed by atoms with Gasteiger partial charge in [-0.05, 0) is 18.2 Å². The fraction of sp³-hybridized carbons (Fsp3) is 0.529. The number of carbonyl (C=O) groups is 1. The number of furan rings is 1. The van der Waals surface area contributed by atoms with Gasteiger partial charge in [-0.1, -0.05) is 0 Å². The van der Waals surface area contributed by atoms with Crippen LogP contribution in [0.4, 0.5) is 0 Å². The summed E-state index contributed by atoms with van der Waals surface area (Å²) in [6.07, 6.45) is 3.60. The Morgan fingerprint density at radius 3 is 3.08 bits per heavy atom. The van der Waals surface area contributed by atoms with Gasteiger partial charge < -0.3 is 14.5 Å². The van der Waals surface area contributed by atoms with Gasteiger partial charge in [-0.15, -0.1) is 0 Å². The normalized spacial score (nSPS) is 26.6. The molecule has 1 amide bonds. The smallest absolute Gasteiger partial charge is 0.269 e. The lowest BCUT2D eigenvalue weighted by Crippen LogP contribution is -2.35. The molecule has 0 aliphatic carbocycles. The molecule has 24 heavy (non-hydrogen) atoms. The number of likely N-dealkylation sites (tertiary alicyclic amines) is 1. The Morgan fingerprint density at radius 1 is 1.42 bits per heavy atom. The molecule has 2 aromatic heterocycles. The lowest BCUT2D eigenvalue weighted by atomic mass is 9.93. The third kappa shape index (κ3) is 2.97. The van der Waals surface area contributed by atoms with Crippen LogP contribution in [0, 0.1) is 11.8 Å². The van der Waals surface area contributed by atoms with Crippen LogP contribution < -0.4 is 5.32 Å². The molecule has 0 saturated carbocycles. The maximum atomic E-state index is 12.2. The molecule has 2 aliphatic heterocycles. The van der Waals surface area contributed by atoms with Crippen LogP contribution in [0.1, 0.15) is 16.2 Å². The van der Waals surface area contributed by atoms with Gasteiger partial charge in [0.25, 0.3) is 5.91 Å². The molecule has 7 heteroatoms. The average molecular weight is 330 g/mol. The van der Waals surface area contributed by atoms with Crippen LogP contribution in [0.15, 0.2) is 35.1 Å². The zero-order valence-corrected chi connectivity index (χ0v) is 13.7. The van der Waals surface area contributed by atoms with Crippen LogP contribution in [-0.4, -0.2) is 52.9 Å². The lowest BCUT2D eigenvalue weighted by Gasteiger charge is -2.19. The predicted molar refractivity (Wildman–Crippen MR) is 86.2 cm³/mol. The van der Waals surface area contributed by atoms with Crippen molar-refractivity contribution in [2.45, 2.75) is 12.6 Å². The van der Waals surface area contributed by atoms with E-state index in [1.54, 1.807) is 30.3 Å². The largest absolute Gasteiger partial charge is 0.468 e. The van der Waals surface area contributed by atoms with Gasteiger partial charge in [0.15, 0.2) is 0 Å². The summed E-state index contributed by atoms with van der Waals surface area (Å²) in [5, 5.41) is 7.06. The highest BCUT2D eigenvalue weighted by Gasteiger charge is 2.43. The van der Waals surface area contributed by atoms with Crippen LogP contribution in [0.5, 0.6) is 0 Å². The zero-order chi connectivity index (χ0) is 16.5. The second-order valence-electron chi connectivity index (χ2n) is 6.62. The monoisotopic (exact) mass is 330 g/mol. The maximum Gasteiger partial charge on any atom is 0.269 e. The molecule has 4 rings (SSSR count). The van der Waals surface area contributed by atoms with Crippen molar-refractivity contribution in [3.8, 4) is 0 Å². The van der Waals surface area contributed by atoms with Crippen molar-refractivity contribution < 1.29 is 13.9 Å². The summed E-state index contributed by atoms with van der Waals surface area (Å²) in [5.41, 5.74) is 0.580. The topological polar surface area (TPSA) is 72.5 Å². The number of aryl methyl sites for hydroxylation is 1. The number of rotatable bonds is 5. The Hall–Kier alpha value is -2.12. The number of nitrogens with one attached hydrogen (secondary N) is 1. The molecule has 0 radical (unpaired) electrons. The van der Waals surface area contributed by atoms with Gasteiger partial charge in [0.2, 0.25) is 0 Å². The molecule has 3 atom stereocenters. The van der Waals surface area contributed by atoms with Crippen LogP contribution >= 0.6 is 0 Å². The number of nitrogens with zero attached hydrogens (tertiary/aromatic N) is 3. The second-order valence-corrected chi connectivity index (χ2v) is 6.62. The van der Waals surface area contributed by atoms with Crippen molar-refractivity contribution in [2.75, 3.05) is 26.2 Å². The predicted octanol–water partition coefficient (Wildman–Crippen LogP) is 0.890. The molecular weight excluding hydrogens is 308 g/mol. The summed E-state index contributed by atoms with van der Waals surface area (Å²) in [5.74, 6) is 1.72. The van der Waals surface area contributed by atoms with Crippen LogP contribution in [0.25, 0.3) is 0 Å². The highest BCUT2D eigenvalue weighted by Crippen LogP contribution is 2.34. The Bertz CT molecular complexity index is 697. The number of ether oxygens (including phenoxy) is 1. The van der Waals surface area contributed by atoms with E-state index in [1.165, 1.54) is 0 Å². The summed E-state index contributed by atoms with van der Waals surface area (Å²) in [7, 11) is 1.77. The first-order chi connectivity index (χ1) is 11.7. The molecule has 128 valence electrons. The van der Waals surface area contributed by atoms with Crippen molar-refractivity contribution in [3.63, 3.8) is 0 Å². The number of fused-ring (bicyclic) bond motifs is 1. The van der Waals surface area contributed by atoms with E-state index in [4.69, 9.17) is 9.15 Å². The van der Waals surface area contributed by atoms with E-state index >= 15 is 0 Å². The fourth-order valence-electron chi connectivity index (χ4n) is 3.75. The fourth-order valence-corrected chi connectivity index (χ4v) is 3.75. The molecule has 7 nitrogen and oxygen atoms in total. The van der Waals surface area contributed by atoms with Gasteiger partial charge in [-0.3, -0.25) is 14.4 Å². The Morgan fingerprint density at radius 2 is 2.33 bits per heavy atom. The van der Waals surface area contributed by atoms with E-state index in [2.05, 4.69) is 15.3 Å². The standard InChI is InChI=1S/C17H22N4O3/c1-20-15(4-5-19-20)17(22)18-7-12-11-24-16-10-21(9-14(12)16)8-13-3-2-6-23-13/h2-6,12,14,16H,7-11H2,1H3,(H,18,22)/t12-,14+,16+/m1/s1. The third-order valence-electron chi connectivity index (χ3n) is 5.05. The highest BCUT2D eigenvalue weighted by molar-refractivity contribution is 5.92. The van der Waals surface area contributed by atoms with Crippen molar-refractivity contribution in [2.24, 2.45) is 18.9 Å². The molecule has 0 aromatic carbocycles. The second kappa shape index (κ2) is 6.41. The van der Waals surface area contributed by atoms with E-state index < -0.39 is 0 Å². The summed E-state index contributed by atoms with van der Waals surface area (Å²) in [4.78, 5) is 14.6. The summed E-state index contributed by atoms with van der Waals surface area (Å²) in [6, 6.07) is 5.64. The molecule has 2 aliphatic rings. The number of amides is 1. The minimum atomic E-state index is -0.0797. The van der Waals surface area contributed by atoms with E-state index in [-0.39, 0.29) is 12.0 Å². The minimum Gasteiger partial charge on any atom is -0.468 e. The molecule has 0 unspecified atom stereocenters. The first-order valence-electron chi connectivity index (χ1n) is 8.33. The van der Waals surface area contributed by atoms with E-state index in [0.29, 0.717) is 24.1 Å². The van der Waals surface area contributed by atoms with E-state index in [1.807, 2.05) is 12.1 Å². The Balaban J connectivity index is 1.31. The number of hydrogen-bond donors (Lipinski definition) is 1. The number of carbonyl (C=O) groups excluding carboxylic acids is 1. The van der Waals surface area contributed by atoms with Gasteiger partial charge in [0.05, 0.1) is 25.5 Å². The molecule has 1 N–H and O–H groups in total. The lowest BCUT2D eigenvalue weighted by molar-refractivity contribution is 0.0893. The first-order valence-corrected chi connectivity index (χ1v) is 8.33. The van der Waals surface area contributed by atoms with Crippen LogP contribution in [0.2, 0.25) is 0 Å². The number of hydrogen-bond acceptors (Lipinski definition) is 5. The molecule has 0 spiro atoms. The zero-order valence-electron chi connectivity index (χ0n) is 13.7. The van der Waals surface area contributed by atoms with Crippen molar-refractivity contribution >= 4 is 5.91 Å². The van der Waals surface area contributed by atoms with Crippen molar-refractivity contribution in [1.29, 1.82) is 0 Å². The molecule has 2 fully saturated rings. The Labute approximate surface area is 140 Å². The van der Waals surface area contributed by atoms with Gasteiger partial charge >= 0.3 is 0 Å². The van der Waals surface area contributed by atoms with Gasteiger partial charge in [-0.2, -0.15) is 5.10 Å². The molecule has 2 aromatic rings. The molecule has 4 heterocycles. The SMILES string of the molecule is Cn1nccc1C(=O)NC[C@@H]1CO[C@H]2CN(Cc3ccco3)C[C@@H]12. The van der Waals surface area contributed by atoms with Gasteiger partial charge in [0, 0.05) is 44.7 Å². The highest BCUT2D eigenvalue weighted by atomic mass is 16.5. The molecule has 2 saturated heterocycles. The minimum absolute atomic E-state index is 0.0797. The van der Waals surface area contributed by atoms with Gasteiger partial charge in [-0.25, -0.2) is 0 Å². The first kappa shape index (κ1) is 15.4. The number of aromatic nitrogens is 2. The van der Waals surface area contributed by atoms with Gasteiger partial charge in [0.1, 0.15) is 11.5 Å². The Kier molecular flexibility index (Phi) is 4.12. The maximum absolute atomic E-state index is 12.2. The molecule has 0 bridgehead atoms. The molecular formula is C17H22N4O3. The average Bonchev–Trinajstić information content (AvgIpc) is 3.31. The van der Waals surface area contributed by atoms with Crippen molar-refractivity contribution in [1.82, 2.24) is 20.0 Å². The van der Waals surface area contributed by atoms with E-state index in [0.717, 1.165) is 32.0 Å². The summed E-state index contributed by atoms with van der Waals surface area (Å²) >= 11 is 0. The third-order valence-corrected chi connectivity index (χ3v) is 5.05. The van der Waals surface area contributed by atoms with Crippen molar-refractivity contribution in [3.05, 3.63) is 42.1 Å². The van der Waals surface area contributed by atoms with Crippen LogP contribution in [-0.2, 0) is 18.3 Å². The van der Waals surface area contributed by atoms with Crippen LogP contribution in [0.3, 0.4) is 0 Å².